The minimum absolute atomic E-state index is 0. The van der Waals surface area contributed by atoms with Gasteiger partial charge in [-0.2, -0.15) is 0 Å². The van der Waals surface area contributed by atoms with Gasteiger partial charge in [0, 0.05) is 21.5 Å². The molecule has 0 aliphatic heterocycles. The second-order valence-corrected chi connectivity index (χ2v) is 6.09. The Morgan fingerprint density at radius 3 is 2.43 bits per heavy atom. The van der Waals surface area contributed by atoms with E-state index in [-0.39, 0.29) is 22.8 Å². The zero-order valence-electron chi connectivity index (χ0n) is 13.1. The topological polar surface area (TPSA) is 25.9 Å². The number of fused-ring (bicyclic) bond motifs is 1. The molecule has 0 fully saturated rings. The third-order valence-electron chi connectivity index (χ3n) is 4.02. The van der Waals surface area contributed by atoms with E-state index in [2.05, 4.69) is 28.9 Å². The Bertz CT molecular complexity index is 838. The Hall–Kier alpha value is -1.46. The average Bonchev–Trinajstić information content (AvgIpc) is 2.80. The lowest BCUT2D eigenvalue weighted by molar-refractivity contribution is -0.657. The summed E-state index contributed by atoms with van der Waals surface area (Å²) in [5.41, 5.74) is 4.15. The van der Waals surface area contributed by atoms with E-state index < -0.39 is 0 Å². The number of halogens is 2. The van der Waals surface area contributed by atoms with Gasteiger partial charge in [-0.25, -0.2) is 9.13 Å². The number of aryl methyl sites for hydroxylation is 2. The van der Waals surface area contributed by atoms with Crippen molar-refractivity contribution in [3.63, 3.8) is 0 Å². The first-order valence-electron chi connectivity index (χ1n) is 7.36. The summed E-state index contributed by atoms with van der Waals surface area (Å²) in [7, 11) is 1.99. The Balaban J connectivity index is 0.00000192. The Kier molecular flexibility index (Phi) is 5.76. The molecule has 3 nitrogen and oxygen atoms in total. The number of benzene rings is 2. The van der Waals surface area contributed by atoms with Crippen molar-refractivity contribution in [3.05, 3.63) is 64.4 Å². The van der Waals surface area contributed by atoms with E-state index in [4.69, 9.17) is 0 Å². The number of nitrogens with zero attached hydrogens (tertiary/aromatic N) is 2. The molecule has 0 bridgehead atoms. The fourth-order valence-electron chi connectivity index (χ4n) is 2.67. The molecule has 1 heterocycles. The van der Waals surface area contributed by atoms with Crippen molar-refractivity contribution in [2.24, 2.45) is 7.05 Å². The van der Waals surface area contributed by atoms with Crippen LogP contribution in [-0.2, 0) is 20.0 Å². The maximum Gasteiger partial charge on any atom is 0.326 e. The van der Waals surface area contributed by atoms with Crippen molar-refractivity contribution in [1.29, 1.82) is 0 Å². The van der Waals surface area contributed by atoms with Gasteiger partial charge in [0.05, 0.1) is 7.05 Å². The number of aromatic nitrogens is 2. The Labute approximate surface area is 154 Å². The molecule has 0 aliphatic rings. The van der Waals surface area contributed by atoms with Gasteiger partial charge in [-0.15, -0.1) is 0 Å². The molecule has 0 unspecified atom stereocenters. The van der Waals surface area contributed by atoms with Crippen LogP contribution in [0.2, 0.25) is 0 Å². The molecule has 0 atom stereocenters. The van der Waals surface area contributed by atoms with Gasteiger partial charge in [-0.05, 0) is 24.1 Å². The van der Waals surface area contributed by atoms with E-state index in [0.717, 1.165) is 27.8 Å². The summed E-state index contributed by atoms with van der Waals surface area (Å²) in [6, 6.07) is 16.0. The second kappa shape index (κ2) is 7.41. The zero-order chi connectivity index (χ0) is 15.7. The molecular weight excluding hydrogens is 420 g/mol. The molecule has 3 rings (SSSR count). The van der Waals surface area contributed by atoms with Crippen molar-refractivity contribution in [2.75, 3.05) is 0 Å². The predicted octanol–water partition coefficient (Wildman–Crippen LogP) is 0.678. The summed E-state index contributed by atoms with van der Waals surface area (Å²) in [4.78, 5) is 12.6. The van der Waals surface area contributed by atoms with E-state index in [1.807, 2.05) is 58.6 Å². The summed E-state index contributed by atoms with van der Waals surface area (Å²) in [6.07, 6.45) is 0.984. The van der Waals surface area contributed by atoms with Crippen molar-refractivity contribution in [2.45, 2.75) is 19.9 Å². The number of hydrogen-bond acceptors (Lipinski definition) is 1. The minimum Gasteiger partial charge on any atom is -1.00 e. The number of ketones is 1. The van der Waals surface area contributed by atoms with Crippen LogP contribution in [0.4, 0.5) is 0 Å². The number of rotatable bonds is 4. The summed E-state index contributed by atoms with van der Waals surface area (Å²) < 4.78 is 4.95. The first-order valence-corrected chi connectivity index (χ1v) is 8.16. The van der Waals surface area contributed by atoms with Crippen LogP contribution in [0.15, 0.2) is 53.3 Å². The van der Waals surface area contributed by atoms with E-state index in [1.165, 1.54) is 5.56 Å². The van der Waals surface area contributed by atoms with Crippen LogP contribution in [0.3, 0.4) is 0 Å². The van der Waals surface area contributed by atoms with Gasteiger partial charge in [0.25, 0.3) is 0 Å². The maximum absolute atomic E-state index is 12.6. The molecule has 0 saturated carbocycles. The third-order valence-corrected chi connectivity index (χ3v) is 4.98. The van der Waals surface area contributed by atoms with E-state index in [1.54, 1.807) is 0 Å². The zero-order valence-corrected chi connectivity index (χ0v) is 16.3. The lowest BCUT2D eigenvalue weighted by Crippen LogP contribution is -3.00. The number of carbonyl (C=O) groups excluding carboxylic acids is 1. The number of para-hydroxylation sites is 2. The predicted molar refractivity (Wildman–Crippen MR) is 91.0 cm³/mol. The van der Waals surface area contributed by atoms with Crippen LogP contribution in [0.25, 0.3) is 11.0 Å². The molecule has 2 aromatic carbocycles. The van der Waals surface area contributed by atoms with Gasteiger partial charge in [0.1, 0.15) is 0 Å². The molecule has 0 spiro atoms. The summed E-state index contributed by atoms with van der Waals surface area (Å²) in [5.74, 6) is 0.115. The first kappa shape index (κ1) is 17.9. The van der Waals surface area contributed by atoms with Crippen LogP contribution < -0.4 is 21.5 Å². The number of hydrogen-bond donors (Lipinski definition) is 0. The molecule has 1 aromatic heterocycles. The fraction of sp³-hybridized carbons (Fsp3) is 0.222. The van der Waals surface area contributed by atoms with Crippen LogP contribution in [0, 0.1) is 0 Å². The van der Waals surface area contributed by atoms with Crippen LogP contribution in [0.1, 0.15) is 22.8 Å². The highest BCUT2D eigenvalue weighted by Gasteiger charge is 2.22. The molecular formula is C18H18Br2N2O. The Morgan fingerprint density at radius 2 is 1.78 bits per heavy atom. The highest BCUT2D eigenvalue weighted by molar-refractivity contribution is 9.10. The molecule has 0 N–H and O–H groups in total. The SMILES string of the molecule is CCc1ccc(C(=O)Cn2c(Br)[n+](C)c3ccccc32)cc1.[Br-]. The van der Waals surface area contributed by atoms with E-state index >= 15 is 0 Å². The molecule has 0 radical (unpaired) electrons. The van der Waals surface area contributed by atoms with Crippen LogP contribution in [0.5, 0.6) is 0 Å². The highest BCUT2D eigenvalue weighted by atomic mass is 79.9. The van der Waals surface area contributed by atoms with Crippen LogP contribution >= 0.6 is 15.9 Å². The van der Waals surface area contributed by atoms with Gasteiger partial charge in [-0.1, -0.05) is 43.3 Å². The summed E-state index contributed by atoms with van der Waals surface area (Å²) in [5, 5.41) is 0. The van der Waals surface area contributed by atoms with Gasteiger partial charge >= 0.3 is 4.73 Å². The molecule has 0 aliphatic carbocycles. The van der Waals surface area contributed by atoms with Crippen molar-refractivity contribution in [3.8, 4) is 0 Å². The number of imidazole rings is 1. The van der Waals surface area contributed by atoms with Crippen LogP contribution in [-0.4, -0.2) is 10.4 Å². The van der Waals surface area contributed by atoms with Gasteiger partial charge in [0.15, 0.2) is 17.6 Å². The van der Waals surface area contributed by atoms with Crippen molar-refractivity contribution in [1.82, 2.24) is 4.57 Å². The first-order chi connectivity index (χ1) is 10.6. The van der Waals surface area contributed by atoms with E-state index in [0.29, 0.717) is 6.54 Å². The third kappa shape index (κ3) is 3.40. The largest absolute Gasteiger partial charge is 1.00 e. The van der Waals surface area contributed by atoms with Crippen molar-refractivity contribution < 1.29 is 26.3 Å². The second-order valence-electron chi connectivity index (χ2n) is 5.38. The quantitative estimate of drug-likeness (QED) is 0.435. The molecule has 3 aromatic rings. The Morgan fingerprint density at radius 1 is 1.13 bits per heavy atom. The normalized spacial score (nSPS) is 10.6. The smallest absolute Gasteiger partial charge is 0.326 e. The number of Topliss-reactive ketones (excluding diaryl/α,β-unsaturated/α-hetero) is 1. The summed E-state index contributed by atoms with van der Waals surface area (Å²) in [6.45, 7) is 2.44. The van der Waals surface area contributed by atoms with Gasteiger partial charge < -0.3 is 17.0 Å². The highest BCUT2D eigenvalue weighted by Crippen LogP contribution is 2.19. The molecule has 5 heteroatoms. The maximum atomic E-state index is 12.6. The van der Waals surface area contributed by atoms with Gasteiger partial charge in [-0.3, -0.25) is 4.79 Å². The molecule has 0 saturated heterocycles. The average molecular weight is 438 g/mol. The minimum atomic E-state index is 0. The van der Waals surface area contributed by atoms with E-state index in [9.17, 15) is 4.79 Å². The fourth-order valence-corrected chi connectivity index (χ4v) is 3.17. The standard InChI is InChI=1S/C18H18BrN2O.BrH/c1-3-13-8-10-14(11-9-13)17(22)12-21-16-7-5-4-6-15(16)20(2)18(21)19;/h4-11H,3,12H2,1-2H3;1H/q+1;/p-1. The lowest BCUT2D eigenvalue weighted by Gasteiger charge is -2.02. The summed E-state index contributed by atoms with van der Waals surface area (Å²) >= 11 is 3.59. The number of carbonyl (C=O) groups is 1. The molecule has 0 amide bonds. The molecule has 120 valence electrons. The van der Waals surface area contributed by atoms with Gasteiger partial charge in [0.2, 0.25) is 5.78 Å². The van der Waals surface area contributed by atoms with Crippen molar-refractivity contribution >= 4 is 32.7 Å². The molecule has 23 heavy (non-hydrogen) atoms. The lowest BCUT2D eigenvalue weighted by atomic mass is 10.1. The monoisotopic (exact) mass is 436 g/mol.